The fourth-order valence-corrected chi connectivity index (χ4v) is 2.42. The monoisotopic (exact) mass is 405 g/mol. The van der Waals surface area contributed by atoms with Crippen molar-refractivity contribution >= 4 is 33.6 Å². The Labute approximate surface area is 153 Å². The number of amides is 1. The molecule has 1 amide bonds. The molecule has 0 spiro atoms. The second-order valence-electron chi connectivity index (χ2n) is 4.97. The van der Waals surface area contributed by atoms with Gasteiger partial charge in [-0.1, -0.05) is 12.1 Å². The second kappa shape index (κ2) is 8.98. The molecule has 1 N–H and O–H groups in total. The molecule has 2 aromatic rings. The number of hydrogen-bond donors (Lipinski definition) is 1. The van der Waals surface area contributed by atoms with Gasteiger partial charge in [0, 0.05) is 10.0 Å². The molecule has 0 aromatic heterocycles. The number of benzene rings is 2. The lowest BCUT2D eigenvalue weighted by Gasteiger charge is -2.07. The minimum Gasteiger partial charge on any atom is -0.497 e. The minimum atomic E-state index is -0.692. The topological polar surface area (TPSA) is 81.7 Å². The zero-order chi connectivity index (χ0) is 18.2. The molecule has 0 bridgehead atoms. The van der Waals surface area contributed by atoms with Gasteiger partial charge in [-0.2, -0.15) is 0 Å². The first-order valence-electron chi connectivity index (χ1n) is 7.37. The fourth-order valence-electron chi connectivity index (χ4n) is 1.95. The highest BCUT2D eigenvalue weighted by Gasteiger charge is 2.13. The van der Waals surface area contributed by atoms with Gasteiger partial charge in [-0.3, -0.25) is 14.4 Å². The molecule has 0 atom stereocenters. The normalized spacial score (nSPS) is 10.0. The Hall–Kier alpha value is -2.67. The van der Waals surface area contributed by atoms with Gasteiger partial charge in [0.05, 0.1) is 12.7 Å². The van der Waals surface area contributed by atoms with Crippen LogP contribution >= 0.6 is 15.9 Å². The lowest BCUT2D eigenvalue weighted by Crippen LogP contribution is -2.31. The summed E-state index contributed by atoms with van der Waals surface area (Å²) in [6.07, 6.45) is 0. The number of esters is 1. The third-order valence-electron chi connectivity index (χ3n) is 3.29. The maximum absolute atomic E-state index is 12.0. The molecule has 2 rings (SSSR count). The molecule has 0 unspecified atom stereocenters. The number of ketones is 1. The molecule has 0 aliphatic rings. The quantitative estimate of drug-likeness (QED) is 0.565. The number of carbonyl (C=O) groups is 3. The van der Waals surface area contributed by atoms with E-state index < -0.39 is 18.5 Å². The van der Waals surface area contributed by atoms with Gasteiger partial charge in [0.2, 0.25) is 0 Å². The largest absolute Gasteiger partial charge is 0.497 e. The number of nitrogens with one attached hydrogen (secondary N) is 1. The highest BCUT2D eigenvalue weighted by molar-refractivity contribution is 9.10. The molecule has 130 valence electrons. The van der Waals surface area contributed by atoms with Crippen molar-refractivity contribution in [3.8, 4) is 5.75 Å². The zero-order valence-corrected chi connectivity index (χ0v) is 15.0. The number of rotatable bonds is 7. The SMILES string of the molecule is COc1ccc(C(=O)COC(=O)CNC(=O)c2ccccc2Br)cc1. The van der Waals surface area contributed by atoms with E-state index in [0.717, 1.165) is 0 Å². The van der Waals surface area contributed by atoms with Gasteiger partial charge in [-0.15, -0.1) is 0 Å². The van der Waals surface area contributed by atoms with E-state index in [0.29, 0.717) is 21.3 Å². The standard InChI is InChI=1S/C18H16BrNO5/c1-24-13-8-6-12(7-9-13)16(21)11-25-17(22)10-20-18(23)14-4-2-3-5-15(14)19/h2-9H,10-11H2,1H3,(H,20,23). The van der Waals surface area contributed by atoms with Gasteiger partial charge in [0.25, 0.3) is 5.91 Å². The van der Waals surface area contributed by atoms with Crippen LogP contribution in [0.15, 0.2) is 53.0 Å². The van der Waals surface area contributed by atoms with Crippen LogP contribution in [0.4, 0.5) is 0 Å². The van der Waals surface area contributed by atoms with Crippen LogP contribution in [0.3, 0.4) is 0 Å². The summed E-state index contributed by atoms with van der Waals surface area (Å²) in [6, 6.07) is 13.3. The van der Waals surface area contributed by atoms with Crippen molar-refractivity contribution in [2.24, 2.45) is 0 Å². The molecule has 0 radical (unpaired) electrons. The van der Waals surface area contributed by atoms with E-state index >= 15 is 0 Å². The molecule has 2 aromatic carbocycles. The number of ether oxygens (including phenoxy) is 2. The Morgan fingerprint density at radius 3 is 2.36 bits per heavy atom. The third-order valence-corrected chi connectivity index (χ3v) is 3.98. The molecule has 6 nitrogen and oxygen atoms in total. The fraction of sp³-hybridized carbons (Fsp3) is 0.167. The first-order chi connectivity index (χ1) is 12.0. The number of hydrogen-bond acceptors (Lipinski definition) is 5. The van der Waals surface area contributed by atoms with Gasteiger partial charge in [-0.05, 0) is 52.3 Å². The number of Topliss-reactive ketones (excluding diaryl/α,β-unsaturated/α-hetero) is 1. The van der Waals surface area contributed by atoms with E-state index in [9.17, 15) is 14.4 Å². The highest BCUT2D eigenvalue weighted by atomic mass is 79.9. The number of halogens is 1. The first kappa shape index (κ1) is 18.7. The number of carbonyl (C=O) groups excluding carboxylic acids is 3. The molecule has 0 fully saturated rings. The molecular weight excluding hydrogens is 390 g/mol. The van der Waals surface area contributed by atoms with Crippen molar-refractivity contribution in [3.05, 3.63) is 64.1 Å². The Bertz CT molecular complexity index is 773. The van der Waals surface area contributed by atoms with Crippen LogP contribution in [0.1, 0.15) is 20.7 Å². The van der Waals surface area contributed by atoms with Gasteiger partial charge in [0.15, 0.2) is 12.4 Å². The Morgan fingerprint density at radius 1 is 1.04 bits per heavy atom. The lowest BCUT2D eigenvalue weighted by molar-refractivity contribution is -0.141. The van der Waals surface area contributed by atoms with E-state index in [1.54, 1.807) is 48.5 Å². The van der Waals surface area contributed by atoms with E-state index in [2.05, 4.69) is 21.2 Å². The third kappa shape index (κ3) is 5.42. The summed E-state index contributed by atoms with van der Waals surface area (Å²) < 4.78 is 10.5. The summed E-state index contributed by atoms with van der Waals surface area (Å²) in [6.45, 7) is -0.716. The molecule has 0 saturated heterocycles. The van der Waals surface area contributed by atoms with E-state index in [1.165, 1.54) is 7.11 Å². The summed E-state index contributed by atoms with van der Waals surface area (Å²) in [5.41, 5.74) is 0.815. The smallest absolute Gasteiger partial charge is 0.325 e. The van der Waals surface area contributed by atoms with Crippen LogP contribution in [0.2, 0.25) is 0 Å². The van der Waals surface area contributed by atoms with Crippen molar-refractivity contribution < 1.29 is 23.9 Å². The molecule has 0 aliphatic carbocycles. The Kier molecular flexibility index (Phi) is 6.71. The van der Waals surface area contributed by atoms with Crippen LogP contribution in [0, 0.1) is 0 Å². The Balaban J connectivity index is 1.79. The average Bonchev–Trinajstić information content (AvgIpc) is 2.64. The van der Waals surface area contributed by atoms with E-state index in [-0.39, 0.29) is 12.3 Å². The molecular formula is C18H16BrNO5. The van der Waals surface area contributed by atoms with Crippen molar-refractivity contribution in [1.29, 1.82) is 0 Å². The maximum Gasteiger partial charge on any atom is 0.325 e. The van der Waals surface area contributed by atoms with E-state index in [1.807, 2.05) is 0 Å². The van der Waals surface area contributed by atoms with Gasteiger partial charge in [0.1, 0.15) is 12.3 Å². The van der Waals surface area contributed by atoms with Crippen molar-refractivity contribution in [2.75, 3.05) is 20.3 Å². The van der Waals surface area contributed by atoms with Crippen LogP contribution in [-0.4, -0.2) is 37.9 Å². The summed E-state index contributed by atoms with van der Waals surface area (Å²) in [5.74, 6) is -0.815. The number of methoxy groups -OCH3 is 1. The predicted octanol–water partition coefficient (Wildman–Crippen LogP) is 2.61. The van der Waals surface area contributed by atoms with E-state index in [4.69, 9.17) is 9.47 Å². The summed E-state index contributed by atoms with van der Waals surface area (Å²) >= 11 is 3.26. The molecule has 0 aliphatic heterocycles. The van der Waals surface area contributed by atoms with Crippen molar-refractivity contribution in [3.63, 3.8) is 0 Å². The minimum absolute atomic E-state index is 0.323. The van der Waals surface area contributed by atoms with Crippen LogP contribution in [-0.2, 0) is 9.53 Å². The average molecular weight is 406 g/mol. The summed E-state index contributed by atoms with van der Waals surface area (Å²) in [7, 11) is 1.53. The summed E-state index contributed by atoms with van der Waals surface area (Å²) in [5, 5.41) is 2.45. The molecule has 0 saturated carbocycles. The predicted molar refractivity (Wildman–Crippen MR) is 94.8 cm³/mol. The van der Waals surface area contributed by atoms with Gasteiger partial charge < -0.3 is 14.8 Å². The lowest BCUT2D eigenvalue weighted by atomic mass is 10.1. The zero-order valence-electron chi connectivity index (χ0n) is 13.5. The molecule has 25 heavy (non-hydrogen) atoms. The van der Waals surface area contributed by atoms with Crippen molar-refractivity contribution in [1.82, 2.24) is 5.32 Å². The maximum atomic E-state index is 12.0. The van der Waals surface area contributed by atoms with Crippen LogP contribution in [0.5, 0.6) is 5.75 Å². The first-order valence-corrected chi connectivity index (χ1v) is 8.16. The molecule has 0 heterocycles. The van der Waals surface area contributed by atoms with Crippen LogP contribution in [0.25, 0.3) is 0 Å². The second-order valence-corrected chi connectivity index (χ2v) is 5.83. The molecule has 7 heteroatoms. The summed E-state index contributed by atoms with van der Waals surface area (Å²) in [4.78, 5) is 35.6. The highest BCUT2D eigenvalue weighted by Crippen LogP contribution is 2.15. The van der Waals surface area contributed by atoms with Crippen LogP contribution < -0.4 is 10.1 Å². The Morgan fingerprint density at radius 2 is 1.72 bits per heavy atom. The van der Waals surface area contributed by atoms with Gasteiger partial charge in [-0.25, -0.2) is 0 Å². The van der Waals surface area contributed by atoms with Crippen molar-refractivity contribution in [2.45, 2.75) is 0 Å². The van der Waals surface area contributed by atoms with Gasteiger partial charge >= 0.3 is 5.97 Å².